The molecule has 3 aromatic heterocycles. The molecular formula is C48H30N3O2Pt-. The minimum Gasteiger partial charge on any atom is -0.507 e. The van der Waals surface area contributed by atoms with E-state index in [4.69, 9.17) is 9.40 Å². The molecule has 0 radical (unpaired) electrons. The molecule has 3 heterocycles. The molecule has 0 aliphatic rings. The standard InChI is InChI=1S/C48H30N3O2.Pt/c52-44-30-46-39(38-19-8-10-24-45(38)53-46)29-40(44)48-50-47-37(20-13-23-43(47)51(48)42-22-9-7-18-36(42)32-16-5-2-6-17-32)34-26-33(31-14-3-1-4-15-31)27-35(28-34)41-21-11-12-25-49-41;/h1-27,29-30,52H;/q-1;. The van der Waals surface area contributed by atoms with Gasteiger partial charge in [0.1, 0.15) is 22.7 Å². The zero-order chi connectivity index (χ0) is 35.3. The quantitative estimate of drug-likeness (QED) is 0.169. The van der Waals surface area contributed by atoms with Crippen molar-refractivity contribution in [2.45, 2.75) is 0 Å². The number of furan rings is 1. The SMILES string of the molecule is Oc1cc2oc3ccccc3c2cc1-c1nc2c(-c3[c-]c(-c4ccccn4)cc(-c4ccccc4)c3)cccc2n1-c1ccccc1-c1ccccc1.[Pt]. The summed E-state index contributed by atoms with van der Waals surface area (Å²) in [5.41, 5.74) is 12.4. The Labute approximate surface area is 326 Å². The topological polar surface area (TPSA) is 64.1 Å². The third-order valence-electron chi connectivity index (χ3n) is 9.86. The summed E-state index contributed by atoms with van der Waals surface area (Å²) in [5.74, 6) is 0.701. The fraction of sp³-hybridized carbons (Fsp3) is 0. The first-order chi connectivity index (χ1) is 26.2. The molecule has 0 atom stereocenters. The van der Waals surface area contributed by atoms with Crippen molar-refractivity contribution < 1.29 is 30.6 Å². The van der Waals surface area contributed by atoms with Gasteiger partial charge in [-0.3, -0.25) is 9.55 Å². The minimum absolute atomic E-state index is 0. The van der Waals surface area contributed by atoms with E-state index in [1.807, 2.05) is 72.9 Å². The van der Waals surface area contributed by atoms with Crippen LogP contribution in [0.1, 0.15) is 0 Å². The van der Waals surface area contributed by atoms with E-state index in [2.05, 4.69) is 113 Å². The summed E-state index contributed by atoms with van der Waals surface area (Å²) in [6, 6.07) is 61.0. The normalized spacial score (nSPS) is 11.3. The molecule has 0 amide bonds. The number of aromatic nitrogens is 3. The number of rotatable bonds is 6. The second-order valence-corrected chi connectivity index (χ2v) is 13.1. The van der Waals surface area contributed by atoms with Crippen molar-refractivity contribution in [1.82, 2.24) is 14.5 Å². The van der Waals surface area contributed by atoms with Gasteiger partial charge in [-0.2, -0.15) is 0 Å². The van der Waals surface area contributed by atoms with Crippen LogP contribution in [0.15, 0.2) is 180 Å². The Balaban J connectivity index is 0.00000384. The smallest absolute Gasteiger partial charge is 0.148 e. The van der Waals surface area contributed by atoms with Gasteiger partial charge in [-0.05, 0) is 41.5 Å². The van der Waals surface area contributed by atoms with E-state index in [9.17, 15) is 5.11 Å². The van der Waals surface area contributed by atoms with E-state index >= 15 is 0 Å². The van der Waals surface area contributed by atoms with Crippen LogP contribution >= 0.6 is 0 Å². The number of benzene rings is 7. The summed E-state index contributed by atoms with van der Waals surface area (Å²) in [7, 11) is 0. The molecule has 0 fully saturated rings. The van der Waals surface area contributed by atoms with Crippen LogP contribution in [0.25, 0.3) is 94.7 Å². The van der Waals surface area contributed by atoms with E-state index in [0.717, 1.165) is 77.7 Å². The summed E-state index contributed by atoms with van der Waals surface area (Å²) in [4.78, 5) is 10.1. The monoisotopic (exact) mass is 875 g/mol. The fourth-order valence-electron chi connectivity index (χ4n) is 7.38. The number of phenolic OH excluding ortho intramolecular Hbond substituents is 1. The molecule has 54 heavy (non-hydrogen) atoms. The van der Waals surface area contributed by atoms with E-state index in [0.29, 0.717) is 17.0 Å². The van der Waals surface area contributed by atoms with Crippen LogP contribution in [-0.4, -0.2) is 19.6 Å². The van der Waals surface area contributed by atoms with Crippen LogP contribution < -0.4 is 0 Å². The van der Waals surface area contributed by atoms with E-state index < -0.39 is 0 Å². The maximum atomic E-state index is 11.8. The number of nitrogens with zero attached hydrogens (tertiary/aromatic N) is 3. The Bertz CT molecular complexity index is 2900. The molecule has 5 nitrogen and oxygen atoms in total. The Morgan fingerprint density at radius 3 is 2.06 bits per heavy atom. The number of imidazole rings is 1. The van der Waals surface area contributed by atoms with Crippen molar-refractivity contribution in [3.63, 3.8) is 0 Å². The first-order valence-corrected chi connectivity index (χ1v) is 17.5. The molecule has 6 heteroatoms. The van der Waals surface area contributed by atoms with Crippen LogP contribution in [0.4, 0.5) is 0 Å². The zero-order valence-corrected chi connectivity index (χ0v) is 31.0. The van der Waals surface area contributed by atoms with Gasteiger partial charge < -0.3 is 9.52 Å². The first kappa shape index (κ1) is 33.3. The number of fused-ring (bicyclic) bond motifs is 4. The van der Waals surface area contributed by atoms with Crippen molar-refractivity contribution in [3.8, 4) is 67.5 Å². The fourth-order valence-corrected chi connectivity index (χ4v) is 7.38. The minimum atomic E-state index is 0. The third-order valence-corrected chi connectivity index (χ3v) is 9.86. The molecule has 7 aromatic carbocycles. The maximum absolute atomic E-state index is 11.8. The second kappa shape index (κ2) is 13.8. The maximum Gasteiger partial charge on any atom is 0.148 e. The summed E-state index contributed by atoms with van der Waals surface area (Å²) >= 11 is 0. The van der Waals surface area contributed by atoms with E-state index in [1.54, 1.807) is 6.07 Å². The molecule has 10 aromatic rings. The number of phenols is 1. The number of aromatic hydroxyl groups is 1. The Hall–Kier alpha value is -6.55. The van der Waals surface area contributed by atoms with E-state index in [-0.39, 0.29) is 26.8 Å². The van der Waals surface area contributed by atoms with Gasteiger partial charge in [0.15, 0.2) is 0 Å². The molecule has 0 spiro atoms. The average Bonchev–Trinajstić information content (AvgIpc) is 3.79. The first-order valence-electron chi connectivity index (χ1n) is 17.5. The predicted molar refractivity (Wildman–Crippen MR) is 214 cm³/mol. The Morgan fingerprint density at radius 1 is 0.537 bits per heavy atom. The van der Waals surface area contributed by atoms with Gasteiger partial charge in [0.05, 0.1) is 22.3 Å². The second-order valence-electron chi connectivity index (χ2n) is 13.1. The number of para-hydroxylation sites is 3. The van der Waals surface area contributed by atoms with Crippen molar-refractivity contribution in [2.75, 3.05) is 0 Å². The molecule has 0 bridgehead atoms. The number of hydrogen-bond acceptors (Lipinski definition) is 4. The van der Waals surface area contributed by atoms with Gasteiger partial charge in [0.25, 0.3) is 0 Å². The van der Waals surface area contributed by atoms with E-state index in [1.165, 1.54) is 0 Å². The van der Waals surface area contributed by atoms with Crippen LogP contribution in [0.5, 0.6) is 5.75 Å². The van der Waals surface area contributed by atoms with Crippen molar-refractivity contribution >= 4 is 33.0 Å². The van der Waals surface area contributed by atoms with Crippen molar-refractivity contribution in [2.24, 2.45) is 0 Å². The van der Waals surface area contributed by atoms with Gasteiger partial charge in [-0.25, -0.2) is 4.98 Å². The summed E-state index contributed by atoms with van der Waals surface area (Å²) in [5, 5.41) is 13.6. The van der Waals surface area contributed by atoms with Gasteiger partial charge in [0, 0.05) is 55.4 Å². The van der Waals surface area contributed by atoms with Crippen LogP contribution in [0.3, 0.4) is 0 Å². The Morgan fingerprint density at radius 2 is 1.24 bits per heavy atom. The van der Waals surface area contributed by atoms with Crippen LogP contribution in [0.2, 0.25) is 0 Å². The van der Waals surface area contributed by atoms with Crippen molar-refractivity contribution in [1.29, 1.82) is 0 Å². The average molecular weight is 876 g/mol. The number of hydrogen-bond donors (Lipinski definition) is 1. The molecule has 260 valence electrons. The summed E-state index contributed by atoms with van der Waals surface area (Å²) < 4.78 is 8.32. The molecule has 10 rings (SSSR count). The summed E-state index contributed by atoms with van der Waals surface area (Å²) in [6.45, 7) is 0. The number of pyridine rings is 1. The van der Waals surface area contributed by atoms with Crippen LogP contribution in [0, 0.1) is 6.07 Å². The predicted octanol–water partition coefficient (Wildman–Crippen LogP) is 12.2. The molecule has 0 aliphatic heterocycles. The van der Waals surface area contributed by atoms with Gasteiger partial charge in [0.2, 0.25) is 0 Å². The zero-order valence-electron chi connectivity index (χ0n) is 28.8. The van der Waals surface area contributed by atoms with Crippen molar-refractivity contribution in [3.05, 3.63) is 182 Å². The van der Waals surface area contributed by atoms with Crippen LogP contribution in [-0.2, 0) is 21.1 Å². The third kappa shape index (κ3) is 5.71. The Kier molecular flexibility index (Phi) is 8.49. The van der Waals surface area contributed by atoms with Gasteiger partial charge in [-0.1, -0.05) is 138 Å². The molecule has 0 saturated heterocycles. The molecule has 0 saturated carbocycles. The molecule has 0 unspecified atom stereocenters. The van der Waals surface area contributed by atoms with Gasteiger partial charge in [-0.15, -0.1) is 23.8 Å². The molecule has 1 N–H and O–H groups in total. The largest absolute Gasteiger partial charge is 0.507 e. The molecule has 0 aliphatic carbocycles. The molecular weight excluding hydrogens is 846 g/mol. The summed E-state index contributed by atoms with van der Waals surface area (Å²) in [6.07, 6.45) is 1.81. The van der Waals surface area contributed by atoms with Gasteiger partial charge >= 0.3 is 0 Å².